The molecule has 0 saturated heterocycles. The van der Waals surface area contributed by atoms with Crippen molar-refractivity contribution in [3.63, 3.8) is 0 Å². The first-order valence-electron chi connectivity index (χ1n) is 12.0. The monoisotopic (exact) mass is 541 g/mol. The second kappa shape index (κ2) is 11.6. The molecule has 0 aliphatic carbocycles. The van der Waals surface area contributed by atoms with E-state index in [4.69, 9.17) is 0 Å². The SMILES string of the molecule is C[C@H](Sc1nc2ccc(NC(=O)c3ccccc3F)cc2s1)C(=O)NC(c1ccccc1)c1ccccc1. The van der Waals surface area contributed by atoms with Crippen LogP contribution in [0, 0.1) is 5.82 Å². The van der Waals surface area contributed by atoms with E-state index in [1.807, 2.05) is 67.6 Å². The summed E-state index contributed by atoms with van der Waals surface area (Å²) >= 11 is 2.83. The zero-order valence-electron chi connectivity index (χ0n) is 20.4. The first-order chi connectivity index (χ1) is 18.5. The molecule has 8 heteroatoms. The maximum atomic E-state index is 14.0. The number of fused-ring (bicyclic) bond motifs is 1. The molecule has 0 radical (unpaired) electrons. The van der Waals surface area contributed by atoms with Gasteiger partial charge in [0.2, 0.25) is 5.91 Å². The van der Waals surface area contributed by atoms with Crippen molar-refractivity contribution in [1.82, 2.24) is 10.3 Å². The maximum absolute atomic E-state index is 14.0. The Hall–Kier alpha value is -4.01. The van der Waals surface area contributed by atoms with Crippen LogP contribution >= 0.6 is 23.1 Å². The van der Waals surface area contributed by atoms with E-state index in [0.717, 1.165) is 25.7 Å². The summed E-state index contributed by atoms with van der Waals surface area (Å²) in [5.41, 5.74) is 3.31. The molecule has 0 unspecified atom stereocenters. The van der Waals surface area contributed by atoms with Crippen LogP contribution in [0.5, 0.6) is 0 Å². The van der Waals surface area contributed by atoms with Gasteiger partial charge in [-0.05, 0) is 48.4 Å². The van der Waals surface area contributed by atoms with E-state index in [1.165, 1.54) is 35.2 Å². The second-order valence-corrected chi connectivity index (χ2v) is 11.2. The van der Waals surface area contributed by atoms with Crippen LogP contribution in [0.4, 0.5) is 10.1 Å². The number of thioether (sulfide) groups is 1. The fourth-order valence-corrected chi connectivity index (χ4v) is 6.25. The summed E-state index contributed by atoms with van der Waals surface area (Å²) in [4.78, 5) is 30.4. The van der Waals surface area contributed by atoms with Crippen molar-refractivity contribution in [3.05, 3.63) is 126 Å². The van der Waals surface area contributed by atoms with Crippen LogP contribution in [-0.4, -0.2) is 22.0 Å². The first kappa shape index (κ1) is 25.6. The summed E-state index contributed by atoms with van der Waals surface area (Å²) in [6, 6.07) is 30.7. The van der Waals surface area contributed by atoms with Crippen molar-refractivity contribution in [2.45, 2.75) is 22.6 Å². The molecule has 0 bridgehead atoms. The van der Waals surface area contributed by atoms with Crippen molar-refractivity contribution >= 4 is 50.8 Å². The number of anilines is 1. The molecule has 0 aliphatic rings. The van der Waals surface area contributed by atoms with Crippen molar-refractivity contribution in [3.8, 4) is 0 Å². The summed E-state index contributed by atoms with van der Waals surface area (Å²) in [7, 11) is 0. The molecule has 0 aliphatic heterocycles. The van der Waals surface area contributed by atoms with Crippen LogP contribution in [0.3, 0.4) is 0 Å². The standard InChI is InChI=1S/C30H24FN3O2S2/c1-19(28(35)34-27(20-10-4-2-5-11-20)21-12-6-3-7-13-21)37-30-33-25-17-16-22(18-26(25)38-30)32-29(36)23-14-8-9-15-24(23)31/h2-19,27H,1H3,(H,32,36)(H,34,35)/t19-/m0/s1. The molecule has 1 atom stereocenters. The third kappa shape index (κ3) is 5.93. The van der Waals surface area contributed by atoms with Crippen molar-refractivity contribution in [1.29, 1.82) is 0 Å². The highest BCUT2D eigenvalue weighted by atomic mass is 32.2. The zero-order chi connectivity index (χ0) is 26.5. The summed E-state index contributed by atoms with van der Waals surface area (Å²) < 4.78 is 15.6. The molecule has 5 aromatic rings. The predicted octanol–water partition coefficient (Wildman–Crippen LogP) is 7.07. The number of benzene rings is 4. The Morgan fingerprint density at radius 1 is 0.868 bits per heavy atom. The maximum Gasteiger partial charge on any atom is 0.258 e. The third-order valence-corrected chi connectivity index (χ3v) is 8.16. The van der Waals surface area contributed by atoms with Crippen molar-refractivity contribution < 1.29 is 14.0 Å². The molecule has 38 heavy (non-hydrogen) atoms. The minimum Gasteiger partial charge on any atom is -0.344 e. The molecular formula is C30H24FN3O2S2. The van der Waals surface area contributed by atoms with E-state index >= 15 is 0 Å². The molecule has 0 fully saturated rings. The lowest BCUT2D eigenvalue weighted by Gasteiger charge is -2.21. The van der Waals surface area contributed by atoms with Crippen LogP contribution in [0.2, 0.25) is 0 Å². The number of hydrogen-bond acceptors (Lipinski definition) is 5. The number of rotatable bonds is 8. The summed E-state index contributed by atoms with van der Waals surface area (Å²) in [5.74, 6) is -1.18. The number of nitrogens with one attached hydrogen (secondary N) is 2. The first-order valence-corrected chi connectivity index (χ1v) is 13.7. The molecule has 1 aromatic heterocycles. The fraction of sp³-hybridized carbons (Fsp3) is 0.100. The van der Waals surface area contributed by atoms with E-state index in [2.05, 4.69) is 15.6 Å². The largest absolute Gasteiger partial charge is 0.344 e. The molecule has 190 valence electrons. The van der Waals surface area contributed by atoms with Gasteiger partial charge >= 0.3 is 0 Å². The molecule has 2 amide bonds. The molecular weight excluding hydrogens is 517 g/mol. The van der Waals surface area contributed by atoms with Crippen molar-refractivity contribution in [2.24, 2.45) is 0 Å². The zero-order valence-corrected chi connectivity index (χ0v) is 22.1. The van der Waals surface area contributed by atoms with E-state index < -0.39 is 11.7 Å². The van der Waals surface area contributed by atoms with E-state index in [9.17, 15) is 14.0 Å². The highest BCUT2D eigenvalue weighted by Crippen LogP contribution is 2.34. The van der Waals surface area contributed by atoms with Gasteiger partial charge in [0.1, 0.15) is 5.82 Å². The van der Waals surface area contributed by atoms with Crippen LogP contribution in [0.15, 0.2) is 107 Å². The van der Waals surface area contributed by atoms with Gasteiger partial charge in [0.15, 0.2) is 4.34 Å². The average molecular weight is 542 g/mol. The number of nitrogens with zero attached hydrogens (tertiary/aromatic N) is 1. The van der Waals surface area contributed by atoms with E-state index in [0.29, 0.717) is 5.69 Å². The van der Waals surface area contributed by atoms with Gasteiger partial charge in [-0.3, -0.25) is 9.59 Å². The average Bonchev–Trinajstić information content (AvgIpc) is 3.34. The Bertz CT molecular complexity index is 1540. The Morgan fingerprint density at radius 2 is 1.50 bits per heavy atom. The van der Waals surface area contributed by atoms with Gasteiger partial charge in [-0.25, -0.2) is 9.37 Å². The highest BCUT2D eigenvalue weighted by Gasteiger charge is 2.22. The normalized spacial score (nSPS) is 11.9. The number of amides is 2. The van der Waals surface area contributed by atoms with E-state index in [1.54, 1.807) is 30.3 Å². The van der Waals surface area contributed by atoms with Gasteiger partial charge in [-0.1, -0.05) is 84.6 Å². The molecule has 4 aromatic carbocycles. The summed E-state index contributed by atoms with van der Waals surface area (Å²) in [6.07, 6.45) is 0. The topological polar surface area (TPSA) is 71.1 Å². The minimum atomic E-state index is -0.573. The summed E-state index contributed by atoms with van der Waals surface area (Å²) in [6.45, 7) is 1.86. The van der Waals surface area contributed by atoms with Gasteiger partial charge in [-0.15, -0.1) is 11.3 Å². The van der Waals surface area contributed by atoms with Crippen LogP contribution in [0.1, 0.15) is 34.5 Å². The fourth-order valence-electron chi connectivity index (χ4n) is 3.99. The number of hydrogen-bond donors (Lipinski definition) is 2. The molecule has 0 saturated carbocycles. The second-order valence-electron chi connectivity index (χ2n) is 8.62. The number of halogens is 1. The number of thiazole rings is 1. The number of carbonyl (C=O) groups excluding carboxylic acids is 2. The Kier molecular flexibility index (Phi) is 7.81. The van der Waals surface area contributed by atoms with Gasteiger partial charge < -0.3 is 10.6 Å². The lowest BCUT2D eigenvalue weighted by atomic mass is 9.98. The Balaban J connectivity index is 1.28. The summed E-state index contributed by atoms with van der Waals surface area (Å²) in [5, 5.41) is 5.55. The molecule has 0 spiro atoms. The van der Waals surface area contributed by atoms with Gasteiger partial charge in [-0.2, -0.15) is 0 Å². The van der Waals surface area contributed by atoms with Crippen LogP contribution in [0.25, 0.3) is 10.2 Å². The Morgan fingerprint density at radius 3 is 2.16 bits per heavy atom. The number of aromatic nitrogens is 1. The van der Waals surface area contributed by atoms with Gasteiger partial charge in [0, 0.05) is 5.69 Å². The van der Waals surface area contributed by atoms with Crippen LogP contribution in [-0.2, 0) is 4.79 Å². The lowest BCUT2D eigenvalue weighted by molar-refractivity contribution is -0.120. The molecule has 5 nitrogen and oxygen atoms in total. The molecule has 5 rings (SSSR count). The Labute approximate surface area is 228 Å². The predicted molar refractivity (Wildman–Crippen MR) is 152 cm³/mol. The highest BCUT2D eigenvalue weighted by molar-refractivity contribution is 8.02. The smallest absolute Gasteiger partial charge is 0.258 e. The third-order valence-electron chi connectivity index (χ3n) is 5.94. The van der Waals surface area contributed by atoms with Gasteiger partial charge in [0.05, 0.1) is 27.1 Å². The quantitative estimate of drug-likeness (QED) is 0.206. The van der Waals surface area contributed by atoms with Gasteiger partial charge in [0.25, 0.3) is 5.91 Å². The van der Waals surface area contributed by atoms with E-state index in [-0.39, 0.29) is 22.8 Å². The number of carbonyl (C=O) groups is 2. The van der Waals surface area contributed by atoms with Crippen molar-refractivity contribution in [2.75, 3.05) is 5.32 Å². The lowest BCUT2D eigenvalue weighted by Crippen LogP contribution is -2.34. The molecule has 2 N–H and O–H groups in total. The molecule has 1 heterocycles. The van der Waals surface area contributed by atoms with Crippen LogP contribution < -0.4 is 10.6 Å². The minimum absolute atomic E-state index is 0.0164.